The second kappa shape index (κ2) is 9.07. The Morgan fingerprint density at radius 1 is 0.812 bits per heavy atom. The monoisotopic (exact) mass is 440 g/mol. The smallest absolute Gasteiger partial charge is 0.312 e. The third kappa shape index (κ3) is 4.36. The van der Waals surface area contributed by atoms with Gasteiger partial charge in [0.25, 0.3) is 5.91 Å². The van der Waals surface area contributed by atoms with Crippen molar-refractivity contribution < 1.29 is 19.1 Å². The van der Waals surface area contributed by atoms with E-state index < -0.39 is 11.8 Å². The van der Waals surface area contributed by atoms with E-state index in [2.05, 4.69) is 10.2 Å². The van der Waals surface area contributed by atoms with Gasteiger partial charge < -0.3 is 19.4 Å². The zero-order valence-electron chi connectivity index (χ0n) is 18.7. The number of hydrogen-bond donors (Lipinski definition) is 0. The summed E-state index contributed by atoms with van der Waals surface area (Å²) in [5, 5.41) is 8.89. The van der Waals surface area contributed by atoms with Gasteiger partial charge in [0.05, 0.1) is 24.6 Å². The maximum absolute atomic E-state index is 13.1. The van der Waals surface area contributed by atoms with E-state index in [1.807, 2.05) is 32.0 Å². The van der Waals surface area contributed by atoms with Gasteiger partial charge in [-0.1, -0.05) is 17.7 Å². The van der Waals surface area contributed by atoms with Gasteiger partial charge >= 0.3 is 11.8 Å². The summed E-state index contributed by atoms with van der Waals surface area (Å²) in [5.74, 6) is -1.23. The molecular weight excluding hydrogens is 412 g/mol. The Labute approximate surface area is 186 Å². The number of benzene rings is 1. The van der Waals surface area contributed by atoms with E-state index in [1.165, 1.54) is 14.6 Å². The van der Waals surface area contributed by atoms with Crippen molar-refractivity contribution in [2.75, 3.05) is 52.5 Å². The molecule has 10 nitrogen and oxygen atoms in total. The highest BCUT2D eigenvalue weighted by Gasteiger charge is 2.32. The summed E-state index contributed by atoms with van der Waals surface area (Å²) in [7, 11) is 0. The first kappa shape index (κ1) is 21.9. The Balaban J connectivity index is 1.40. The van der Waals surface area contributed by atoms with Crippen molar-refractivity contribution in [3.63, 3.8) is 0 Å². The lowest BCUT2D eigenvalue weighted by atomic mass is 10.1. The molecule has 2 aliphatic rings. The van der Waals surface area contributed by atoms with Crippen molar-refractivity contribution in [1.82, 2.24) is 29.7 Å². The number of rotatable bonds is 2. The van der Waals surface area contributed by atoms with Crippen LogP contribution < -0.4 is 0 Å². The zero-order chi connectivity index (χ0) is 22.8. The van der Waals surface area contributed by atoms with Crippen LogP contribution in [0.5, 0.6) is 0 Å². The first-order valence-electron chi connectivity index (χ1n) is 10.8. The van der Waals surface area contributed by atoms with Crippen LogP contribution in [-0.2, 0) is 14.3 Å². The van der Waals surface area contributed by atoms with E-state index in [0.29, 0.717) is 63.9 Å². The first-order chi connectivity index (χ1) is 15.3. The molecule has 0 saturated carbocycles. The van der Waals surface area contributed by atoms with Gasteiger partial charge in [0.1, 0.15) is 0 Å². The second-order valence-electron chi connectivity index (χ2n) is 8.20. The van der Waals surface area contributed by atoms with Crippen LogP contribution in [0.1, 0.15) is 27.3 Å². The zero-order valence-corrected chi connectivity index (χ0v) is 18.7. The maximum atomic E-state index is 13.1. The molecule has 2 aliphatic heterocycles. The van der Waals surface area contributed by atoms with Gasteiger partial charge in [-0.15, -0.1) is 5.10 Å². The van der Waals surface area contributed by atoms with Crippen molar-refractivity contribution >= 4 is 17.7 Å². The van der Waals surface area contributed by atoms with Crippen molar-refractivity contribution in [2.45, 2.75) is 20.8 Å². The molecule has 3 heterocycles. The molecule has 0 aliphatic carbocycles. The van der Waals surface area contributed by atoms with E-state index in [1.54, 1.807) is 11.8 Å². The van der Waals surface area contributed by atoms with Crippen LogP contribution in [0.25, 0.3) is 5.69 Å². The summed E-state index contributed by atoms with van der Waals surface area (Å²) in [6.07, 6.45) is 0. The number of nitrogens with zero attached hydrogens (tertiary/aromatic N) is 6. The lowest BCUT2D eigenvalue weighted by molar-refractivity contribution is -0.154. The minimum Gasteiger partial charge on any atom is -0.378 e. The lowest BCUT2D eigenvalue weighted by Gasteiger charge is -2.35. The topological polar surface area (TPSA) is 101 Å². The van der Waals surface area contributed by atoms with Gasteiger partial charge in [-0.05, 0) is 32.4 Å². The fourth-order valence-corrected chi connectivity index (χ4v) is 4.01. The molecule has 2 fully saturated rings. The highest BCUT2D eigenvalue weighted by Crippen LogP contribution is 2.17. The van der Waals surface area contributed by atoms with E-state index in [4.69, 9.17) is 4.74 Å². The largest absolute Gasteiger partial charge is 0.378 e. The highest BCUT2D eigenvalue weighted by atomic mass is 16.5. The van der Waals surface area contributed by atoms with Gasteiger partial charge in [0.15, 0.2) is 5.69 Å². The number of piperazine rings is 1. The second-order valence-corrected chi connectivity index (χ2v) is 8.20. The van der Waals surface area contributed by atoms with Gasteiger partial charge in [0.2, 0.25) is 0 Å². The summed E-state index contributed by atoms with van der Waals surface area (Å²) < 4.78 is 5.23. The van der Waals surface area contributed by atoms with Gasteiger partial charge in [-0.25, -0.2) is 0 Å². The third-order valence-corrected chi connectivity index (χ3v) is 5.89. The predicted molar refractivity (Wildman–Crippen MR) is 115 cm³/mol. The number of ether oxygens (including phenoxy) is 1. The Morgan fingerprint density at radius 2 is 1.41 bits per heavy atom. The number of aryl methyl sites for hydroxylation is 3. The minimum absolute atomic E-state index is 0.217. The van der Waals surface area contributed by atoms with Crippen LogP contribution in [-0.4, -0.2) is 99.9 Å². The molecule has 170 valence electrons. The number of aromatic nitrogens is 3. The average Bonchev–Trinajstić information content (AvgIpc) is 3.19. The third-order valence-electron chi connectivity index (χ3n) is 5.89. The lowest BCUT2D eigenvalue weighted by Crippen LogP contribution is -2.55. The summed E-state index contributed by atoms with van der Waals surface area (Å²) >= 11 is 0. The van der Waals surface area contributed by atoms with Gasteiger partial charge in [-0.3, -0.25) is 14.4 Å². The van der Waals surface area contributed by atoms with Crippen LogP contribution >= 0.6 is 0 Å². The van der Waals surface area contributed by atoms with Gasteiger partial charge in [0, 0.05) is 39.3 Å². The minimum atomic E-state index is -0.518. The van der Waals surface area contributed by atoms with Crippen LogP contribution in [0.15, 0.2) is 18.2 Å². The molecule has 2 aromatic rings. The number of carbonyl (C=O) groups excluding carboxylic acids is 3. The predicted octanol–water partition coefficient (Wildman–Crippen LogP) is 0.336. The summed E-state index contributed by atoms with van der Waals surface area (Å²) in [6.45, 7) is 8.83. The summed E-state index contributed by atoms with van der Waals surface area (Å²) in [4.78, 5) is 44.3. The molecule has 0 spiro atoms. The Bertz CT molecular complexity index is 1040. The molecule has 32 heavy (non-hydrogen) atoms. The molecule has 3 amide bonds. The molecule has 4 rings (SSSR count). The molecule has 1 aromatic carbocycles. The van der Waals surface area contributed by atoms with Crippen LogP contribution in [0.2, 0.25) is 0 Å². The first-order valence-corrected chi connectivity index (χ1v) is 10.8. The standard InChI is InChI=1S/C22H28N6O4/c1-15-4-5-18(16(2)14-15)28-23-17(3)19(24-28)20(29)25-6-8-26(9-7-25)21(30)22(31)27-10-12-32-13-11-27/h4-5,14H,6-13H2,1-3H3. The average molecular weight is 441 g/mol. The van der Waals surface area contributed by atoms with Crippen LogP contribution in [0, 0.1) is 20.8 Å². The van der Waals surface area contributed by atoms with Crippen molar-refractivity contribution in [1.29, 1.82) is 0 Å². The molecule has 0 bridgehead atoms. The molecule has 0 unspecified atom stereocenters. The van der Waals surface area contributed by atoms with E-state index in [-0.39, 0.29) is 5.91 Å². The molecule has 0 radical (unpaired) electrons. The Kier molecular flexibility index (Phi) is 6.22. The molecule has 2 saturated heterocycles. The number of morpholine rings is 1. The molecule has 10 heteroatoms. The van der Waals surface area contributed by atoms with Crippen LogP contribution in [0.3, 0.4) is 0 Å². The van der Waals surface area contributed by atoms with E-state index in [9.17, 15) is 14.4 Å². The van der Waals surface area contributed by atoms with Crippen molar-refractivity contribution in [3.8, 4) is 5.69 Å². The highest BCUT2D eigenvalue weighted by molar-refractivity contribution is 6.34. The normalized spacial score (nSPS) is 16.9. The van der Waals surface area contributed by atoms with E-state index >= 15 is 0 Å². The fourth-order valence-electron chi connectivity index (χ4n) is 4.01. The summed E-state index contributed by atoms with van der Waals surface area (Å²) in [6, 6.07) is 5.97. The van der Waals surface area contributed by atoms with Crippen molar-refractivity contribution in [2.24, 2.45) is 0 Å². The number of hydrogen-bond acceptors (Lipinski definition) is 6. The SMILES string of the molecule is Cc1ccc(-n2nc(C)c(C(=O)N3CCN(C(=O)C(=O)N4CCOCC4)CC3)n2)c(C)c1. The molecule has 0 N–H and O–H groups in total. The molecular formula is C22H28N6O4. The fraction of sp³-hybridized carbons (Fsp3) is 0.500. The molecule has 0 atom stereocenters. The van der Waals surface area contributed by atoms with Crippen LogP contribution in [0.4, 0.5) is 0 Å². The van der Waals surface area contributed by atoms with Crippen molar-refractivity contribution in [3.05, 3.63) is 40.7 Å². The van der Waals surface area contributed by atoms with Gasteiger partial charge in [-0.2, -0.15) is 9.90 Å². The maximum Gasteiger partial charge on any atom is 0.312 e. The Hall–Kier alpha value is -3.27. The van der Waals surface area contributed by atoms with E-state index in [0.717, 1.165) is 16.8 Å². The molecule has 1 aromatic heterocycles. The Morgan fingerprint density at radius 3 is 2.03 bits per heavy atom. The number of carbonyl (C=O) groups is 3. The number of amides is 3. The quantitative estimate of drug-likeness (QED) is 0.624. The summed E-state index contributed by atoms with van der Waals surface area (Å²) in [5.41, 5.74) is 3.85.